The lowest BCUT2D eigenvalue weighted by atomic mass is 10.1. The molecule has 2 atom stereocenters. The van der Waals surface area contributed by atoms with Gasteiger partial charge in [-0.3, -0.25) is 4.98 Å². The molecule has 4 heteroatoms. The molecule has 4 nitrogen and oxygen atoms in total. The van der Waals surface area contributed by atoms with E-state index in [9.17, 15) is 0 Å². The van der Waals surface area contributed by atoms with Crippen LogP contribution in [0.2, 0.25) is 0 Å². The summed E-state index contributed by atoms with van der Waals surface area (Å²) < 4.78 is 5.77. The van der Waals surface area contributed by atoms with Crippen molar-refractivity contribution in [3.63, 3.8) is 0 Å². The monoisotopic (exact) mass is 291 g/mol. The van der Waals surface area contributed by atoms with E-state index in [1.165, 1.54) is 18.5 Å². The van der Waals surface area contributed by atoms with Crippen molar-refractivity contribution in [2.24, 2.45) is 0 Å². The molecule has 1 saturated heterocycles. The second-order valence-corrected chi connectivity index (χ2v) is 5.63. The quantitative estimate of drug-likeness (QED) is 0.837. The Labute approximate surface area is 128 Å². The number of hydrogen-bond acceptors (Lipinski definition) is 4. The summed E-state index contributed by atoms with van der Waals surface area (Å²) in [6.07, 6.45) is 5.82. The van der Waals surface area contributed by atoms with Gasteiger partial charge in [0.25, 0.3) is 0 Å². The van der Waals surface area contributed by atoms with Crippen LogP contribution < -0.4 is 10.2 Å². The van der Waals surface area contributed by atoms with Gasteiger partial charge in [0.2, 0.25) is 0 Å². The van der Waals surface area contributed by atoms with E-state index in [1.807, 2.05) is 6.20 Å². The van der Waals surface area contributed by atoms with E-state index >= 15 is 0 Å². The van der Waals surface area contributed by atoms with Crippen LogP contribution in [-0.4, -0.2) is 37.3 Å². The van der Waals surface area contributed by atoms with Crippen molar-refractivity contribution in [3.05, 3.63) is 24.0 Å². The molecule has 1 N–H and O–H groups in total. The van der Waals surface area contributed by atoms with Gasteiger partial charge >= 0.3 is 0 Å². The average Bonchev–Trinajstić information content (AvgIpc) is 2.53. The molecular formula is C17H29N3O. The molecule has 1 aliphatic rings. The molecule has 0 bridgehead atoms. The molecule has 1 aliphatic heterocycles. The van der Waals surface area contributed by atoms with E-state index in [1.54, 1.807) is 0 Å². The second kappa shape index (κ2) is 8.35. The number of nitrogens with one attached hydrogen (secondary N) is 1. The molecule has 0 radical (unpaired) electrons. The van der Waals surface area contributed by atoms with Gasteiger partial charge in [0.15, 0.2) is 0 Å². The number of aromatic nitrogens is 1. The molecule has 0 aromatic carbocycles. The van der Waals surface area contributed by atoms with Gasteiger partial charge in [-0.15, -0.1) is 0 Å². The van der Waals surface area contributed by atoms with E-state index in [0.717, 1.165) is 38.4 Å². The van der Waals surface area contributed by atoms with E-state index in [-0.39, 0.29) is 0 Å². The highest BCUT2D eigenvalue weighted by atomic mass is 16.5. The zero-order valence-electron chi connectivity index (χ0n) is 13.6. The van der Waals surface area contributed by atoms with Crippen LogP contribution in [0.3, 0.4) is 0 Å². The normalized spacial score (nSPS) is 20.5. The molecular weight excluding hydrogens is 262 g/mol. The summed E-state index contributed by atoms with van der Waals surface area (Å²) in [6, 6.07) is 4.73. The summed E-state index contributed by atoms with van der Waals surface area (Å²) in [5.41, 5.74) is 2.36. The number of anilines is 1. The SMILES string of the molecule is CCNC(CC)c1ccc(N2CCCC(OCC)C2)cn1. The molecule has 1 aromatic rings. The van der Waals surface area contributed by atoms with E-state index in [4.69, 9.17) is 4.74 Å². The first-order valence-electron chi connectivity index (χ1n) is 8.34. The fourth-order valence-corrected chi connectivity index (χ4v) is 3.04. The van der Waals surface area contributed by atoms with Gasteiger partial charge < -0.3 is 15.0 Å². The molecule has 2 unspecified atom stereocenters. The van der Waals surface area contributed by atoms with Crippen molar-refractivity contribution in [1.29, 1.82) is 0 Å². The average molecular weight is 291 g/mol. The summed E-state index contributed by atoms with van der Waals surface area (Å²) in [6.45, 7) is 10.3. The zero-order chi connectivity index (χ0) is 15.1. The molecule has 21 heavy (non-hydrogen) atoms. The van der Waals surface area contributed by atoms with Crippen LogP contribution in [0.5, 0.6) is 0 Å². The lowest BCUT2D eigenvalue weighted by Gasteiger charge is -2.34. The smallest absolute Gasteiger partial charge is 0.0750 e. The number of ether oxygens (including phenoxy) is 1. The third-order valence-electron chi connectivity index (χ3n) is 4.13. The Hall–Kier alpha value is -1.13. The van der Waals surface area contributed by atoms with E-state index < -0.39 is 0 Å². The third-order valence-corrected chi connectivity index (χ3v) is 4.13. The number of nitrogens with zero attached hydrogens (tertiary/aromatic N) is 2. The van der Waals surface area contributed by atoms with Gasteiger partial charge in [-0.1, -0.05) is 13.8 Å². The Balaban J connectivity index is 2.01. The zero-order valence-corrected chi connectivity index (χ0v) is 13.6. The molecule has 0 spiro atoms. The Morgan fingerprint density at radius 3 is 2.86 bits per heavy atom. The minimum absolute atomic E-state index is 0.363. The number of hydrogen-bond donors (Lipinski definition) is 1. The predicted molar refractivity (Wildman–Crippen MR) is 87.8 cm³/mol. The second-order valence-electron chi connectivity index (χ2n) is 5.63. The van der Waals surface area contributed by atoms with Crippen molar-refractivity contribution < 1.29 is 4.74 Å². The van der Waals surface area contributed by atoms with Gasteiger partial charge in [0, 0.05) is 25.7 Å². The van der Waals surface area contributed by atoms with Gasteiger partial charge in [0.1, 0.15) is 0 Å². The maximum Gasteiger partial charge on any atom is 0.0750 e. The van der Waals surface area contributed by atoms with E-state index in [0.29, 0.717) is 12.1 Å². The van der Waals surface area contributed by atoms with Crippen LogP contribution in [0.25, 0.3) is 0 Å². The lowest BCUT2D eigenvalue weighted by Crippen LogP contribution is -2.39. The van der Waals surface area contributed by atoms with Gasteiger partial charge in [-0.25, -0.2) is 0 Å². The largest absolute Gasteiger partial charge is 0.377 e. The van der Waals surface area contributed by atoms with Crippen molar-refractivity contribution in [1.82, 2.24) is 10.3 Å². The first-order valence-corrected chi connectivity index (χ1v) is 8.34. The molecule has 0 amide bonds. The van der Waals surface area contributed by atoms with Gasteiger partial charge in [-0.2, -0.15) is 0 Å². The number of rotatable bonds is 7. The fourth-order valence-electron chi connectivity index (χ4n) is 3.04. The molecule has 2 heterocycles. The van der Waals surface area contributed by atoms with Crippen LogP contribution in [0.15, 0.2) is 18.3 Å². The summed E-state index contributed by atoms with van der Waals surface area (Å²) in [4.78, 5) is 7.07. The van der Waals surface area contributed by atoms with Gasteiger partial charge in [0.05, 0.1) is 23.7 Å². The molecule has 0 aliphatic carbocycles. The molecule has 118 valence electrons. The Morgan fingerprint density at radius 2 is 2.24 bits per heavy atom. The minimum Gasteiger partial charge on any atom is -0.377 e. The highest BCUT2D eigenvalue weighted by Crippen LogP contribution is 2.22. The van der Waals surface area contributed by atoms with Crippen molar-refractivity contribution >= 4 is 5.69 Å². The summed E-state index contributed by atoms with van der Waals surface area (Å²) in [5.74, 6) is 0. The van der Waals surface area contributed by atoms with Crippen molar-refractivity contribution in [3.8, 4) is 0 Å². The van der Waals surface area contributed by atoms with Gasteiger partial charge in [-0.05, 0) is 44.9 Å². The topological polar surface area (TPSA) is 37.4 Å². The Bertz CT molecular complexity index is 405. The Morgan fingerprint density at radius 1 is 1.38 bits per heavy atom. The summed E-state index contributed by atoms with van der Waals surface area (Å²) in [7, 11) is 0. The van der Waals surface area contributed by atoms with Crippen LogP contribution >= 0.6 is 0 Å². The maximum absolute atomic E-state index is 5.77. The molecule has 2 rings (SSSR count). The van der Waals surface area contributed by atoms with Crippen LogP contribution in [0.1, 0.15) is 51.8 Å². The summed E-state index contributed by atoms with van der Waals surface area (Å²) in [5, 5.41) is 3.48. The van der Waals surface area contributed by atoms with E-state index in [2.05, 4.69) is 48.1 Å². The Kier molecular flexibility index (Phi) is 6.46. The summed E-state index contributed by atoms with van der Waals surface area (Å²) >= 11 is 0. The van der Waals surface area contributed by atoms with Crippen LogP contribution in [-0.2, 0) is 4.74 Å². The first-order chi connectivity index (χ1) is 10.3. The molecule has 1 fully saturated rings. The standard InChI is InChI=1S/C17H29N3O/c1-4-16(18-5-2)17-10-9-14(12-19-17)20-11-7-8-15(13-20)21-6-3/h9-10,12,15-16,18H,4-8,11,13H2,1-3H3. The lowest BCUT2D eigenvalue weighted by molar-refractivity contribution is 0.0526. The molecule has 1 aromatic heterocycles. The fraction of sp³-hybridized carbons (Fsp3) is 0.706. The molecule has 0 saturated carbocycles. The van der Waals surface area contributed by atoms with Crippen molar-refractivity contribution in [2.75, 3.05) is 31.1 Å². The number of piperidine rings is 1. The highest BCUT2D eigenvalue weighted by Gasteiger charge is 2.20. The predicted octanol–water partition coefficient (Wildman–Crippen LogP) is 3.15. The highest BCUT2D eigenvalue weighted by molar-refractivity contribution is 5.45. The number of pyridine rings is 1. The third kappa shape index (κ3) is 4.42. The van der Waals surface area contributed by atoms with Crippen LogP contribution in [0.4, 0.5) is 5.69 Å². The van der Waals surface area contributed by atoms with Crippen LogP contribution in [0, 0.1) is 0 Å². The first kappa shape index (κ1) is 16.2. The van der Waals surface area contributed by atoms with Crippen molar-refractivity contribution in [2.45, 2.75) is 52.2 Å². The maximum atomic E-state index is 5.77. The minimum atomic E-state index is 0.363.